The molecule has 18 heavy (non-hydrogen) atoms. The van der Waals surface area contributed by atoms with Gasteiger partial charge in [0.05, 0.1) is 11.5 Å². The van der Waals surface area contributed by atoms with Crippen molar-refractivity contribution in [2.45, 2.75) is 19.4 Å². The van der Waals surface area contributed by atoms with Crippen LogP contribution in [0.5, 0.6) is 0 Å². The van der Waals surface area contributed by atoms with Crippen molar-refractivity contribution in [2.24, 2.45) is 5.92 Å². The summed E-state index contributed by atoms with van der Waals surface area (Å²) in [4.78, 5) is 11.8. The summed E-state index contributed by atoms with van der Waals surface area (Å²) in [5.74, 6) is 0.331. The molecular weight excluding hydrogens is 254 g/mol. The average molecular weight is 271 g/mol. The summed E-state index contributed by atoms with van der Waals surface area (Å²) >= 11 is 0. The van der Waals surface area contributed by atoms with E-state index in [4.69, 9.17) is 0 Å². The third-order valence-electron chi connectivity index (χ3n) is 3.19. The van der Waals surface area contributed by atoms with Crippen molar-refractivity contribution in [1.29, 1.82) is 0 Å². The lowest BCUT2D eigenvalue weighted by atomic mass is 10.1. The van der Waals surface area contributed by atoms with Gasteiger partial charge in [0.2, 0.25) is 5.91 Å². The largest absolute Gasteiger partial charge is 0.354 e. The number of aromatic nitrogens is 2. The van der Waals surface area contributed by atoms with E-state index >= 15 is 0 Å². The molecule has 2 heterocycles. The Labute approximate surface area is 106 Å². The second kappa shape index (κ2) is 5.09. The number of hydrogen-bond acceptors (Lipinski definition) is 4. The number of sulfone groups is 1. The fraction of sp³-hybridized carbons (Fsp3) is 0.636. The Morgan fingerprint density at radius 2 is 2.39 bits per heavy atom. The van der Waals surface area contributed by atoms with Gasteiger partial charge in [-0.1, -0.05) is 0 Å². The summed E-state index contributed by atoms with van der Waals surface area (Å²) in [6.45, 7) is 2.18. The molecule has 2 rings (SSSR count). The van der Waals surface area contributed by atoms with Crippen molar-refractivity contribution >= 4 is 15.7 Å². The van der Waals surface area contributed by atoms with Gasteiger partial charge >= 0.3 is 0 Å². The van der Waals surface area contributed by atoms with Crippen molar-refractivity contribution in [2.75, 3.05) is 18.1 Å². The van der Waals surface area contributed by atoms with Gasteiger partial charge in [-0.05, 0) is 25.3 Å². The zero-order valence-electron chi connectivity index (χ0n) is 10.2. The predicted molar refractivity (Wildman–Crippen MR) is 66.7 cm³/mol. The summed E-state index contributed by atoms with van der Waals surface area (Å²) in [5, 5.41) is 6.79. The first-order valence-corrected chi connectivity index (χ1v) is 7.77. The molecule has 7 heteroatoms. The van der Waals surface area contributed by atoms with E-state index in [-0.39, 0.29) is 29.4 Å². The van der Waals surface area contributed by atoms with Gasteiger partial charge in [-0.25, -0.2) is 8.42 Å². The van der Waals surface area contributed by atoms with E-state index < -0.39 is 9.84 Å². The predicted octanol–water partition coefficient (Wildman–Crippen LogP) is -0.00500. The minimum atomic E-state index is -2.88. The maximum atomic E-state index is 11.8. The Balaban J connectivity index is 1.82. The Morgan fingerprint density at radius 3 is 2.94 bits per heavy atom. The molecule has 0 unspecified atom stereocenters. The molecule has 1 fully saturated rings. The maximum Gasteiger partial charge on any atom is 0.244 e. The molecule has 1 aromatic heterocycles. The molecule has 0 radical (unpaired) electrons. The molecule has 0 saturated carbocycles. The van der Waals surface area contributed by atoms with Gasteiger partial charge < -0.3 is 5.32 Å². The highest BCUT2D eigenvalue weighted by Crippen LogP contribution is 2.17. The molecule has 0 spiro atoms. The molecule has 1 amide bonds. The quantitative estimate of drug-likeness (QED) is 0.835. The van der Waals surface area contributed by atoms with Gasteiger partial charge in [0.15, 0.2) is 9.84 Å². The van der Waals surface area contributed by atoms with E-state index in [2.05, 4.69) is 10.4 Å². The zero-order valence-corrected chi connectivity index (χ0v) is 11.1. The number of carbonyl (C=O) groups excluding carboxylic acids is 1. The van der Waals surface area contributed by atoms with Crippen molar-refractivity contribution in [3.8, 4) is 0 Å². The maximum absolute atomic E-state index is 11.8. The molecule has 1 N–H and O–H groups in total. The van der Waals surface area contributed by atoms with Crippen LogP contribution < -0.4 is 5.32 Å². The summed E-state index contributed by atoms with van der Waals surface area (Å²) in [6.07, 6.45) is 3.98. The van der Waals surface area contributed by atoms with Crippen LogP contribution in [0.1, 0.15) is 19.4 Å². The van der Waals surface area contributed by atoms with Crippen LogP contribution in [-0.2, 0) is 14.6 Å². The molecule has 1 saturated heterocycles. The molecule has 0 bridgehead atoms. The lowest BCUT2D eigenvalue weighted by Crippen LogP contribution is -2.35. The van der Waals surface area contributed by atoms with Crippen LogP contribution in [-0.4, -0.2) is 42.2 Å². The number of carbonyl (C=O) groups is 1. The van der Waals surface area contributed by atoms with Crippen molar-refractivity contribution in [3.63, 3.8) is 0 Å². The molecule has 1 aromatic rings. The van der Waals surface area contributed by atoms with Gasteiger partial charge in [-0.15, -0.1) is 0 Å². The molecule has 1 aliphatic heterocycles. The number of nitrogens with one attached hydrogen (secondary N) is 1. The summed E-state index contributed by atoms with van der Waals surface area (Å²) in [5.41, 5.74) is 0. The normalized spacial score (nSPS) is 23.7. The minimum absolute atomic E-state index is 0.0452. The van der Waals surface area contributed by atoms with Crippen LogP contribution in [0, 0.1) is 5.92 Å². The molecular formula is C11H17N3O3S. The molecule has 0 aromatic carbocycles. The van der Waals surface area contributed by atoms with Gasteiger partial charge in [-0.2, -0.15) is 5.10 Å². The third kappa shape index (κ3) is 3.10. The zero-order chi connectivity index (χ0) is 13.2. The molecule has 2 atom stereocenters. The van der Waals surface area contributed by atoms with Gasteiger partial charge in [-0.3, -0.25) is 9.48 Å². The fourth-order valence-electron chi connectivity index (χ4n) is 2.06. The topological polar surface area (TPSA) is 81.1 Å². The minimum Gasteiger partial charge on any atom is -0.354 e. The smallest absolute Gasteiger partial charge is 0.244 e. The van der Waals surface area contributed by atoms with Crippen molar-refractivity contribution in [1.82, 2.24) is 15.1 Å². The second-order valence-corrected chi connectivity index (χ2v) is 6.90. The molecule has 0 aliphatic carbocycles. The lowest BCUT2D eigenvalue weighted by molar-refractivity contribution is -0.124. The van der Waals surface area contributed by atoms with Gasteiger partial charge in [0.25, 0.3) is 0 Å². The van der Waals surface area contributed by atoms with Gasteiger partial charge in [0.1, 0.15) is 6.04 Å². The van der Waals surface area contributed by atoms with Crippen LogP contribution in [0.4, 0.5) is 0 Å². The van der Waals surface area contributed by atoms with E-state index in [9.17, 15) is 13.2 Å². The number of hydrogen-bond donors (Lipinski definition) is 1. The molecule has 1 aliphatic rings. The first-order chi connectivity index (χ1) is 8.48. The molecule has 100 valence electrons. The third-order valence-corrected chi connectivity index (χ3v) is 5.03. The van der Waals surface area contributed by atoms with Crippen LogP contribution in [0.25, 0.3) is 0 Å². The highest BCUT2D eigenvalue weighted by Gasteiger charge is 2.28. The van der Waals surface area contributed by atoms with Gasteiger partial charge in [0, 0.05) is 18.9 Å². The van der Waals surface area contributed by atoms with E-state index in [0.29, 0.717) is 13.0 Å². The van der Waals surface area contributed by atoms with E-state index in [1.165, 1.54) is 0 Å². The van der Waals surface area contributed by atoms with E-state index in [1.54, 1.807) is 30.1 Å². The van der Waals surface area contributed by atoms with Crippen LogP contribution in [0.3, 0.4) is 0 Å². The Morgan fingerprint density at radius 1 is 1.61 bits per heavy atom. The Bertz CT molecular complexity index is 510. The van der Waals surface area contributed by atoms with Crippen LogP contribution in [0.15, 0.2) is 18.5 Å². The Kier molecular flexibility index (Phi) is 3.70. The highest BCUT2D eigenvalue weighted by atomic mass is 32.2. The van der Waals surface area contributed by atoms with Crippen LogP contribution >= 0.6 is 0 Å². The Hall–Kier alpha value is -1.37. The second-order valence-electron chi connectivity index (χ2n) is 4.68. The summed E-state index contributed by atoms with van der Waals surface area (Å²) < 4.78 is 24.1. The van der Waals surface area contributed by atoms with E-state index in [1.807, 2.05) is 0 Å². The number of amides is 1. The first-order valence-electron chi connectivity index (χ1n) is 5.95. The first kappa shape index (κ1) is 13.1. The monoisotopic (exact) mass is 271 g/mol. The van der Waals surface area contributed by atoms with Crippen LogP contribution in [0.2, 0.25) is 0 Å². The van der Waals surface area contributed by atoms with E-state index in [0.717, 1.165) is 0 Å². The molecule has 6 nitrogen and oxygen atoms in total. The van der Waals surface area contributed by atoms with Crippen molar-refractivity contribution < 1.29 is 13.2 Å². The lowest BCUT2D eigenvalue weighted by Gasteiger charge is -2.14. The summed E-state index contributed by atoms with van der Waals surface area (Å²) in [7, 11) is -2.88. The SMILES string of the molecule is C[C@@H](C(=O)NC[C@@H]1CCS(=O)(=O)C1)n1cccn1. The average Bonchev–Trinajstić information content (AvgIpc) is 2.94. The highest BCUT2D eigenvalue weighted by molar-refractivity contribution is 7.91. The standard InChI is InChI=1S/C11H17N3O3S/c1-9(14-5-2-4-13-14)11(15)12-7-10-3-6-18(16,17)8-10/h2,4-5,9-10H,3,6-8H2,1H3,(H,12,15)/t9-,10-/m0/s1. The summed E-state index contributed by atoms with van der Waals surface area (Å²) in [6, 6.07) is 1.38. The fourth-order valence-corrected chi connectivity index (χ4v) is 3.92. The number of rotatable bonds is 4. The number of nitrogens with zero attached hydrogens (tertiary/aromatic N) is 2. The van der Waals surface area contributed by atoms with Crippen molar-refractivity contribution in [3.05, 3.63) is 18.5 Å².